The van der Waals surface area contributed by atoms with E-state index in [1.54, 1.807) is 0 Å². The topological polar surface area (TPSA) is 57.8 Å². The maximum atomic E-state index is 12.5. The summed E-state index contributed by atoms with van der Waals surface area (Å²) in [5.41, 5.74) is 3.47. The molecule has 3 rings (SSSR count). The van der Waals surface area contributed by atoms with Crippen molar-refractivity contribution in [2.45, 2.75) is 45.4 Å². The molecule has 4 nitrogen and oxygen atoms in total. The summed E-state index contributed by atoms with van der Waals surface area (Å²) in [6, 6.07) is 7.57. The predicted octanol–water partition coefficient (Wildman–Crippen LogP) is 4.81. The van der Waals surface area contributed by atoms with Crippen LogP contribution in [0.4, 0.5) is 5.69 Å². The molecule has 1 heterocycles. The summed E-state index contributed by atoms with van der Waals surface area (Å²) >= 11 is 6.10. The molecule has 122 valence electrons. The molecular weight excluding hydrogens is 310 g/mol. The molecule has 1 aromatic carbocycles. The van der Waals surface area contributed by atoms with Crippen LogP contribution in [0, 0.1) is 5.92 Å². The van der Waals surface area contributed by atoms with Gasteiger partial charge in [-0.1, -0.05) is 49.9 Å². The number of aromatic nitrogens is 2. The van der Waals surface area contributed by atoms with E-state index in [-0.39, 0.29) is 11.8 Å². The molecule has 1 fully saturated rings. The number of nitrogens with zero attached hydrogens (tertiary/aromatic N) is 1. The molecule has 0 aliphatic heterocycles. The fraction of sp³-hybridized carbons (Fsp3) is 0.444. The van der Waals surface area contributed by atoms with Gasteiger partial charge in [0.1, 0.15) is 5.69 Å². The highest BCUT2D eigenvalue weighted by Crippen LogP contribution is 2.33. The fourth-order valence-electron chi connectivity index (χ4n) is 3.20. The van der Waals surface area contributed by atoms with Gasteiger partial charge in [0.25, 0.3) is 0 Å². The smallest absolute Gasteiger partial charge is 0.227 e. The Morgan fingerprint density at radius 3 is 2.87 bits per heavy atom. The van der Waals surface area contributed by atoms with Gasteiger partial charge < -0.3 is 5.32 Å². The second-order valence-electron chi connectivity index (χ2n) is 6.16. The minimum absolute atomic E-state index is 0.115. The Balaban J connectivity index is 1.92. The molecule has 0 radical (unpaired) electrons. The van der Waals surface area contributed by atoms with E-state index >= 15 is 0 Å². The number of rotatable bonds is 5. The lowest BCUT2D eigenvalue weighted by Gasteiger charge is -2.12. The van der Waals surface area contributed by atoms with Gasteiger partial charge in [0.15, 0.2) is 0 Å². The van der Waals surface area contributed by atoms with Crippen molar-refractivity contribution in [3.05, 3.63) is 35.0 Å². The number of carbonyl (C=O) groups excluding carboxylic acids is 1. The average Bonchev–Trinajstić information content (AvgIpc) is 3.18. The third-order valence-corrected chi connectivity index (χ3v) is 4.65. The zero-order valence-electron chi connectivity index (χ0n) is 13.4. The maximum Gasteiger partial charge on any atom is 0.227 e. The molecule has 1 aliphatic carbocycles. The average molecular weight is 332 g/mol. The zero-order chi connectivity index (χ0) is 16.2. The van der Waals surface area contributed by atoms with Crippen LogP contribution < -0.4 is 5.32 Å². The molecule has 0 atom stereocenters. The minimum Gasteiger partial charge on any atom is -0.322 e. The third-order valence-electron chi connectivity index (χ3n) is 4.41. The van der Waals surface area contributed by atoms with Crippen LogP contribution in [-0.2, 0) is 11.2 Å². The number of aryl methyl sites for hydroxylation is 1. The Morgan fingerprint density at radius 2 is 2.17 bits per heavy atom. The second-order valence-corrected chi connectivity index (χ2v) is 6.59. The Bertz CT molecular complexity index is 689. The molecule has 1 aromatic heterocycles. The van der Waals surface area contributed by atoms with Crippen molar-refractivity contribution >= 4 is 23.2 Å². The van der Waals surface area contributed by atoms with Crippen LogP contribution in [0.15, 0.2) is 24.3 Å². The Labute approximate surface area is 141 Å². The predicted molar refractivity (Wildman–Crippen MR) is 93.6 cm³/mol. The fourth-order valence-corrected chi connectivity index (χ4v) is 3.39. The highest BCUT2D eigenvalue weighted by molar-refractivity contribution is 6.30. The molecule has 0 saturated heterocycles. The standard InChI is InChI=1S/C18H22ClN3O/c1-2-6-15-17(20-18(23)12-7-3-4-8-12)16(22-21-15)13-9-5-10-14(19)11-13/h5,9-12H,2-4,6-8H2,1H3,(H,20,23)(H,21,22). The molecule has 0 spiro atoms. The molecule has 23 heavy (non-hydrogen) atoms. The van der Waals surface area contributed by atoms with Gasteiger partial charge in [0.05, 0.1) is 11.4 Å². The summed E-state index contributed by atoms with van der Waals surface area (Å²) in [6.45, 7) is 2.11. The summed E-state index contributed by atoms with van der Waals surface area (Å²) in [7, 11) is 0. The number of carbonyl (C=O) groups is 1. The van der Waals surface area contributed by atoms with E-state index in [2.05, 4.69) is 22.4 Å². The normalized spacial score (nSPS) is 15.0. The number of amides is 1. The van der Waals surface area contributed by atoms with Gasteiger partial charge in [-0.2, -0.15) is 5.10 Å². The number of aromatic amines is 1. The van der Waals surface area contributed by atoms with Gasteiger partial charge in [-0.15, -0.1) is 0 Å². The van der Waals surface area contributed by atoms with Crippen molar-refractivity contribution in [3.63, 3.8) is 0 Å². The van der Waals surface area contributed by atoms with Crippen molar-refractivity contribution in [1.82, 2.24) is 10.2 Å². The first-order chi connectivity index (χ1) is 11.2. The number of benzene rings is 1. The van der Waals surface area contributed by atoms with Gasteiger partial charge in [-0.25, -0.2) is 0 Å². The summed E-state index contributed by atoms with van der Waals surface area (Å²) in [5, 5.41) is 11.3. The summed E-state index contributed by atoms with van der Waals surface area (Å²) < 4.78 is 0. The third kappa shape index (κ3) is 3.58. The van der Waals surface area contributed by atoms with E-state index in [9.17, 15) is 4.79 Å². The van der Waals surface area contributed by atoms with Crippen LogP contribution in [0.3, 0.4) is 0 Å². The summed E-state index contributed by atoms with van der Waals surface area (Å²) in [5.74, 6) is 0.246. The largest absolute Gasteiger partial charge is 0.322 e. The van der Waals surface area contributed by atoms with Crippen LogP contribution >= 0.6 is 11.6 Å². The number of hydrogen-bond acceptors (Lipinski definition) is 2. The zero-order valence-corrected chi connectivity index (χ0v) is 14.1. The lowest BCUT2D eigenvalue weighted by Crippen LogP contribution is -2.21. The van der Waals surface area contributed by atoms with Crippen LogP contribution in [0.1, 0.15) is 44.7 Å². The van der Waals surface area contributed by atoms with Gasteiger partial charge in [0, 0.05) is 16.5 Å². The molecule has 2 N–H and O–H groups in total. The molecule has 5 heteroatoms. The Kier molecular flexibility index (Phi) is 5.01. The van der Waals surface area contributed by atoms with Crippen LogP contribution in [0.2, 0.25) is 5.02 Å². The van der Waals surface area contributed by atoms with Gasteiger partial charge >= 0.3 is 0 Å². The SMILES string of the molecule is CCCc1[nH]nc(-c2cccc(Cl)c2)c1NC(=O)C1CCCC1. The molecule has 1 aliphatic rings. The molecule has 1 amide bonds. The van der Waals surface area contributed by atoms with Crippen LogP contribution in [-0.4, -0.2) is 16.1 Å². The first-order valence-electron chi connectivity index (χ1n) is 8.33. The van der Waals surface area contributed by atoms with Crippen molar-refractivity contribution in [1.29, 1.82) is 0 Å². The molecule has 1 saturated carbocycles. The number of nitrogens with one attached hydrogen (secondary N) is 2. The van der Waals surface area contributed by atoms with E-state index in [4.69, 9.17) is 11.6 Å². The van der Waals surface area contributed by atoms with E-state index in [0.29, 0.717) is 5.02 Å². The van der Waals surface area contributed by atoms with Crippen molar-refractivity contribution in [2.75, 3.05) is 5.32 Å². The molecular formula is C18H22ClN3O. The van der Waals surface area contributed by atoms with Gasteiger partial charge in [-0.3, -0.25) is 9.89 Å². The monoisotopic (exact) mass is 331 g/mol. The molecule has 0 bridgehead atoms. The first-order valence-corrected chi connectivity index (χ1v) is 8.71. The number of H-pyrrole nitrogens is 1. The quantitative estimate of drug-likeness (QED) is 0.825. The number of halogens is 1. The lowest BCUT2D eigenvalue weighted by molar-refractivity contribution is -0.119. The summed E-state index contributed by atoms with van der Waals surface area (Å²) in [6.07, 6.45) is 6.11. The number of hydrogen-bond donors (Lipinski definition) is 2. The van der Waals surface area contributed by atoms with Crippen molar-refractivity contribution in [3.8, 4) is 11.3 Å². The molecule has 0 unspecified atom stereocenters. The Hall–Kier alpha value is -1.81. The van der Waals surface area contributed by atoms with E-state index in [1.807, 2.05) is 24.3 Å². The van der Waals surface area contributed by atoms with E-state index in [1.165, 1.54) is 0 Å². The summed E-state index contributed by atoms with van der Waals surface area (Å²) in [4.78, 5) is 12.5. The minimum atomic E-state index is 0.115. The second kappa shape index (κ2) is 7.18. The van der Waals surface area contributed by atoms with Crippen LogP contribution in [0.25, 0.3) is 11.3 Å². The maximum absolute atomic E-state index is 12.5. The van der Waals surface area contributed by atoms with E-state index < -0.39 is 0 Å². The Morgan fingerprint density at radius 1 is 1.39 bits per heavy atom. The van der Waals surface area contributed by atoms with Crippen molar-refractivity contribution < 1.29 is 4.79 Å². The van der Waals surface area contributed by atoms with Gasteiger partial charge in [0.2, 0.25) is 5.91 Å². The van der Waals surface area contributed by atoms with Crippen molar-refractivity contribution in [2.24, 2.45) is 5.92 Å². The molecule has 2 aromatic rings. The highest BCUT2D eigenvalue weighted by Gasteiger charge is 2.25. The first kappa shape index (κ1) is 16.1. The highest BCUT2D eigenvalue weighted by atomic mass is 35.5. The number of anilines is 1. The van der Waals surface area contributed by atoms with E-state index in [0.717, 1.165) is 61.2 Å². The van der Waals surface area contributed by atoms with Gasteiger partial charge in [-0.05, 0) is 31.4 Å². The van der Waals surface area contributed by atoms with Crippen LogP contribution in [0.5, 0.6) is 0 Å². The lowest BCUT2D eigenvalue weighted by atomic mass is 10.1.